The smallest absolute Gasteiger partial charge is 0.0320 e. The second kappa shape index (κ2) is 5.49. The fourth-order valence-corrected chi connectivity index (χ4v) is 4.68. The van der Waals surface area contributed by atoms with E-state index in [1.165, 1.54) is 41.2 Å². The van der Waals surface area contributed by atoms with E-state index in [4.69, 9.17) is 0 Å². The number of hydrogen-bond donors (Lipinski definition) is 1. The van der Waals surface area contributed by atoms with Crippen molar-refractivity contribution >= 4 is 22.6 Å². The van der Waals surface area contributed by atoms with Crippen molar-refractivity contribution in [3.05, 3.63) is 33.4 Å². The topological polar surface area (TPSA) is 12.0 Å². The Hall–Kier alpha value is -0.0900. The van der Waals surface area contributed by atoms with Gasteiger partial charge in [-0.25, -0.2) is 0 Å². The molecule has 3 rings (SSSR count). The van der Waals surface area contributed by atoms with Crippen LogP contribution in [0.5, 0.6) is 0 Å². The van der Waals surface area contributed by atoms with Crippen LogP contribution in [0.3, 0.4) is 0 Å². The van der Waals surface area contributed by atoms with Crippen molar-refractivity contribution in [2.45, 2.75) is 38.1 Å². The van der Waals surface area contributed by atoms with Crippen molar-refractivity contribution in [3.63, 3.8) is 0 Å². The van der Waals surface area contributed by atoms with Gasteiger partial charge in [0.15, 0.2) is 0 Å². The summed E-state index contributed by atoms with van der Waals surface area (Å²) in [5, 5.41) is 3.53. The van der Waals surface area contributed by atoms with Crippen LogP contribution in [0.4, 0.5) is 0 Å². The average Bonchev–Trinajstić information content (AvgIpc) is 2.98. The van der Waals surface area contributed by atoms with Gasteiger partial charge >= 0.3 is 0 Å². The minimum Gasteiger partial charge on any atom is -0.313 e. The zero-order valence-corrected chi connectivity index (χ0v) is 13.2. The molecule has 0 aromatic heterocycles. The molecule has 98 valence electrons. The Balaban J connectivity index is 1.69. The third-order valence-electron chi connectivity index (χ3n) is 5.02. The van der Waals surface area contributed by atoms with E-state index in [0.717, 1.165) is 17.8 Å². The third kappa shape index (κ3) is 2.60. The normalized spacial score (nSPS) is 31.8. The molecule has 0 heterocycles. The first-order valence-electron chi connectivity index (χ1n) is 7.19. The summed E-state index contributed by atoms with van der Waals surface area (Å²) in [5.74, 6) is 3.07. The Kier molecular flexibility index (Phi) is 3.94. The summed E-state index contributed by atoms with van der Waals surface area (Å²) in [7, 11) is 2.11. The molecule has 18 heavy (non-hydrogen) atoms. The van der Waals surface area contributed by atoms with Gasteiger partial charge in [-0.1, -0.05) is 18.6 Å². The maximum atomic E-state index is 3.53. The minimum atomic E-state index is 0.545. The van der Waals surface area contributed by atoms with Crippen LogP contribution in [0.25, 0.3) is 0 Å². The van der Waals surface area contributed by atoms with Gasteiger partial charge in [-0.2, -0.15) is 0 Å². The Morgan fingerprint density at radius 2 is 2.22 bits per heavy atom. The van der Waals surface area contributed by atoms with Gasteiger partial charge in [0.1, 0.15) is 0 Å². The van der Waals surface area contributed by atoms with E-state index in [1.54, 1.807) is 0 Å². The molecule has 2 aliphatic rings. The van der Waals surface area contributed by atoms with Crippen molar-refractivity contribution in [1.82, 2.24) is 5.32 Å². The molecule has 1 nitrogen and oxygen atoms in total. The van der Waals surface area contributed by atoms with Crippen LogP contribution in [-0.2, 0) is 0 Å². The quantitative estimate of drug-likeness (QED) is 0.791. The molecule has 1 N–H and O–H groups in total. The lowest BCUT2D eigenvalue weighted by Gasteiger charge is -2.27. The summed E-state index contributed by atoms with van der Waals surface area (Å²) < 4.78 is 1.35. The molecular weight excluding hydrogens is 333 g/mol. The number of rotatable bonds is 4. The lowest BCUT2D eigenvalue weighted by molar-refractivity contribution is 0.284. The van der Waals surface area contributed by atoms with Crippen LogP contribution < -0.4 is 5.32 Å². The van der Waals surface area contributed by atoms with Crippen molar-refractivity contribution in [3.8, 4) is 0 Å². The molecule has 0 spiro atoms. The molecule has 4 unspecified atom stereocenters. The molecule has 1 aromatic rings. The second-order valence-corrected chi connectivity index (χ2v) is 7.31. The predicted octanol–water partition coefficient (Wildman–Crippen LogP) is 4.38. The van der Waals surface area contributed by atoms with Crippen molar-refractivity contribution in [2.75, 3.05) is 7.05 Å². The van der Waals surface area contributed by atoms with Crippen molar-refractivity contribution in [2.24, 2.45) is 17.8 Å². The number of benzene rings is 1. The zero-order chi connectivity index (χ0) is 12.5. The zero-order valence-electron chi connectivity index (χ0n) is 11.0. The summed E-state index contributed by atoms with van der Waals surface area (Å²) in [6.07, 6.45) is 7.35. The molecule has 0 aliphatic heterocycles. The lowest BCUT2D eigenvalue weighted by Crippen LogP contribution is -2.22. The summed E-state index contributed by atoms with van der Waals surface area (Å²) in [6, 6.07) is 9.51. The van der Waals surface area contributed by atoms with Crippen LogP contribution in [0, 0.1) is 21.3 Å². The first kappa shape index (κ1) is 12.9. The van der Waals surface area contributed by atoms with E-state index < -0.39 is 0 Å². The number of halogens is 1. The minimum absolute atomic E-state index is 0.545. The van der Waals surface area contributed by atoms with E-state index in [-0.39, 0.29) is 0 Å². The standard InChI is InChI=1S/C16H22IN/c1-18-16(13-3-2-4-15(17)9-13)10-14-8-11-5-6-12(14)7-11/h2-4,9,11-12,14,16,18H,5-8,10H2,1H3. The van der Waals surface area contributed by atoms with Gasteiger partial charge in [-0.15, -0.1) is 0 Å². The second-order valence-electron chi connectivity index (χ2n) is 6.07. The third-order valence-corrected chi connectivity index (χ3v) is 5.69. The summed E-state index contributed by atoms with van der Waals surface area (Å²) in [4.78, 5) is 0. The highest BCUT2D eigenvalue weighted by Crippen LogP contribution is 2.50. The van der Waals surface area contributed by atoms with E-state index >= 15 is 0 Å². The highest BCUT2D eigenvalue weighted by Gasteiger charge is 2.40. The summed E-state index contributed by atoms with van der Waals surface area (Å²) in [5.41, 5.74) is 1.46. The molecule has 2 aliphatic carbocycles. The molecule has 0 saturated heterocycles. The van der Waals surface area contributed by atoms with Crippen LogP contribution in [0.15, 0.2) is 24.3 Å². The average molecular weight is 355 g/mol. The maximum absolute atomic E-state index is 3.53. The SMILES string of the molecule is CNC(CC1CC2CCC1C2)c1cccc(I)c1. The molecular formula is C16H22IN. The maximum Gasteiger partial charge on any atom is 0.0320 e. The largest absolute Gasteiger partial charge is 0.313 e. The number of hydrogen-bond acceptors (Lipinski definition) is 1. The van der Waals surface area contributed by atoms with E-state index in [0.29, 0.717) is 6.04 Å². The molecule has 2 saturated carbocycles. The molecule has 2 bridgehead atoms. The molecule has 2 heteroatoms. The molecule has 2 fully saturated rings. The number of nitrogens with one attached hydrogen (secondary N) is 1. The molecule has 1 aromatic carbocycles. The van der Waals surface area contributed by atoms with Crippen LogP contribution in [-0.4, -0.2) is 7.05 Å². The number of fused-ring (bicyclic) bond motifs is 2. The molecule has 0 amide bonds. The summed E-state index contributed by atoms with van der Waals surface area (Å²) in [6.45, 7) is 0. The first-order valence-corrected chi connectivity index (χ1v) is 8.27. The molecule has 4 atom stereocenters. The van der Waals surface area contributed by atoms with Gasteiger partial charge in [0.25, 0.3) is 0 Å². The molecule has 0 radical (unpaired) electrons. The van der Waals surface area contributed by atoms with Gasteiger partial charge in [0.05, 0.1) is 0 Å². The van der Waals surface area contributed by atoms with Gasteiger partial charge in [0, 0.05) is 9.61 Å². The Bertz CT molecular complexity index is 417. The van der Waals surface area contributed by atoms with Crippen LogP contribution in [0.1, 0.15) is 43.7 Å². The Morgan fingerprint density at radius 3 is 2.83 bits per heavy atom. The van der Waals surface area contributed by atoms with E-state index in [9.17, 15) is 0 Å². The summed E-state index contributed by atoms with van der Waals surface area (Å²) >= 11 is 2.41. The fraction of sp³-hybridized carbons (Fsp3) is 0.625. The highest BCUT2D eigenvalue weighted by molar-refractivity contribution is 14.1. The van der Waals surface area contributed by atoms with Crippen molar-refractivity contribution < 1.29 is 0 Å². The van der Waals surface area contributed by atoms with E-state index in [1.807, 2.05) is 0 Å². The first-order chi connectivity index (χ1) is 8.76. The van der Waals surface area contributed by atoms with Crippen LogP contribution in [0.2, 0.25) is 0 Å². The Morgan fingerprint density at radius 1 is 1.33 bits per heavy atom. The van der Waals surface area contributed by atoms with Crippen molar-refractivity contribution in [1.29, 1.82) is 0 Å². The monoisotopic (exact) mass is 355 g/mol. The van der Waals surface area contributed by atoms with Gasteiger partial charge in [-0.05, 0) is 90.8 Å². The van der Waals surface area contributed by atoms with E-state index in [2.05, 4.69) is 59.2 Å². The van der Waals surface area contributed by atoms with Gasteiger partial charge in [-0.3, -0.25) is 0 Å². The van der Waals surface area contributed by atoms with Crippen LogP contribution >= 0.6 is 22.6 Å². The van der Waals surface area contributed by atoms with Gasteiger partial charge < -0.3 is 5.32 Å². The lowest BCUT2D eigenvalue weighted by atomic mass is 9.83. The fourth-order valence-electron chi connectivity index (χ4n) is 4.11. The Labute approximate surface area is 124 Å². The highest BCUT2D eigenvalue weighted by atomic mass is 127. The van der Waals surface area contributed by atoms with Gasteiger partial charge in [0.2, 0.25) is 0 Å². The predicted molar refractivity (Wildman–Crippen MR) is 84.5 cm³/mol.